The first-order chi connectivity index (χ1) is 16.7. The molecule has 6 heteroatoms. The van der Waals surface area contributed by atoms with Crippen molar-refractivity contribution in [3.8, 4) is 22.6 Å². The van der Waals surface area contributed by atoms with Crippen LogP contribution < -0.4 is 4.74 Å². The summed E-state index contributed by atoms with van der Waals surface area (Å²) in [6, 6.07) is 23.5. The Morgan fingerprint density at radius 2 is 1.57 bits per heavy atom. The summed E-state index contributed by atoms with van der Waals surface area (Å²) in [4.78, 5) is 27.3. The third-order valence-electron chi connectivity index (χ3n) is 5.58. The standard InChI is InChI=1S/C29H29NO5/c1-29(2,3)35-27(31)17-21(28(32)33)15-22-18-30-26-16-20(11-14-25(22)26)19-9-12-24(13-10-19)34-23-7-5-4-6-8-23/h4-14,16,18,21,30H,15,17H2,1-3H3,(H,32,33). The van der Waals surface area contributed by atoms with Gasteiger partial charge >= 0.3 is 11.9 Å². The average Bonchev–Trinajstić information content (AvgIpc) is 3.20. The smallest absolute Gasteiger partial charge is 0.307 e. The van der Waals surface area contributed by atoms with Crippen LogP contribution in [0.4, 0.5) is 0 Å². The number of fused-ring (bicyclic) bond motifs is 1. The van der Waals surface area contributed by atoms with Crippen LogP contribution in [0.25, 0.3) is 22.0 Å². The van der Waals surface area contributed by atoms with Gasteiger partial charge in [-0.25, -0.2) is 0 Å². The maximum Gasteiger partial charge on any atom is 0.307 e. The zero-order chi connectivity index (χ0) is 25.0. The highest BCUT2D eigenvalue weighted by Gasteiger charge is 2.26. The summed E-state index contributed by atoms with van der Waals surface area (Å²) >= 11 is 0. The third-order valence-corrected chi connectivity index (χ3v) is 5.58. The second-order valence-electron chi connectivity index (χ2n) is 9.54. The van der Waals surface area contributed by atoms with Crippen LogP contribution in [0.3, 0.4) is 0 Å². The summed E-state index contributed by atoms with van der Waals surface area (Å²) in [5.41, 5.74) is 3.18. The van der Waals surface area contributed by atoms with Gasteiger partial charge in [0.05, 0.1) is 12.3 Å². The van der Waals surface area contributed by atoms with Crippen molar-refractivity contribution < 1.29 is 24.2 Å². The van der Waals surface area contributed by atoms with E-state index in [1.165, 1.54) is 0 Å². The van der Waals surface area contributed by atoms with Crippen LogP contribution in [0.2, 0.25) is 0 Å². The van der Waals surface area contributed by atoms with Gasteiger partial charge in [0, 0.05) is 17.1 Å². The summed E-state index contributed by atoms with van der Waals surface area (Å²) < 4.78 is 11.2. The first kappa shape index (κ1) is 24.1. The molecule has 0 spiro atoms. The number of nitrogens with one attached hydrogen (secondary N) is 1. The minimum atomic E-state index is -1.01. The minimum absolute atomic E-state index is 0.172. The first-order valence-corrected chi connectivity index (χ1v) is 11.6. The lowest BCUT2D eigenvalue weighted by Gasteiger charge is -2.21. The van der Waals surface area contributed by atoms with Gasteiger partial charge in [-0.2, -0.15) is 0 Å². The monoisotopic (exact) mass is 471 g/mol. The predicted molar refractivity (Wildman–Crippen MR) is 136 cm³/mol. The van der Waals surface area contributed by atoms with E-state index >= 15 is 0 Å². The summed E-state index contributed by atoms with van der Waals surface area (Å²) in [7, 11) is 0. The molecule has 0 saturated heterocycles. The maximum atomic E-state index is 12.2. The molecule has 0 saturated carbocycles. The number of hydrogen-bond donors (Lipinski definition) is 2. The lowest BCUT2D eigenvalue weighted by molar-refractivity contribution is -0.159. The van der Waals surface area contributed by atoms with Crippen molar-refractivity contribution >= 4 is 22.8 Å². The van der Waals surface area contributed by atoms with Gasteiger partial charge in [0.2, 0.25) is 0 Å². The molecule has 0 radical (unpaired) electrons. The minimum Gasteiger partial charge on any atom is -0.481 e. The summed E-state index contributed by atoms with van der Waals surface area (Å²) in [5.74, 6) is -0.841. The predicted octanol–water partition coefficient (Wildman–Crippen LogP) is 6.60. The molecule has 1 aromatic heterocycles. The van der Waals surface area contributed by atoms with Gasteiger partial charge in [0.15, 0.2) is 0 Å². The van der Waals surface area contributed by atoms with Gasteiger partial charge in [-0.1, -0.05) is 42.5 Å². The van der Waals surface area contributed by atoms with Crippen molar-refractivity contribution in [1.82, 2.24) is 4.98 Å². The van der Waals surface area contributed by atoms with E-state index in [0.717, 1.165) is 39.1 Å². The molecule has 2 N–H and O–H groups in total. The number of hydrogen-bond acceptors (Lipinski definition) is 4. The highest BCUT2D eigenvalue weighted by Crippen LogP contribution is 2.30. The van der Waals surface area contributed by atoms with Crippen molar-refractivity contribution in [1.29, 1.82) is 0 Å². The van der Waals surface area contributed by atoms with Gasteiger partial charge in [0.25, 0.3) is 0 Å². The van der Waals surface area contributed by atoms with E-state index in [4.69, 9.17) is 9.47 Å². The number of aliphatic carboxylic acids is 1. The molecule has 180 valence electrons. The van der Waals surface area contributed by atoms with E-state index in [1.807, 2.05) is 79.0 Å². The highest BCUT2D eigenvalue weighted by atomic mass is 16.6. The molecule has 0 aliphatic heterocycles. The number of carbonyl (C=O) groups is 2. The van der Waals surface area contributed by atoms with Crippen molar-refractivity contribution in [3.63, 3.8) is 0 Å². The molecule has 1 atom stereocenters. The number of H-pyrrole nitrogens is 1. The van der Waals surface area contributed by atoms with Crippen molar-refractivity contribution in [2.75, 3.05) is 0 Å². The van der Waals surface area contributed by atoms with Gasteiger partial charge in [-0.15, -0.1) is 0 Å². The molecule has 35 heavy (non-hydrogen) atoms. The molecule has 1 heterocycles. The van der Waals surface area contributed by atoms with Crippen molar-refractivity contribution in [2.24, 2.45) is 5.92 Å². The number of aromatic nitrogens is 1. The van der Waals surface area contributed by atoms with E-state index < -0.39 is 23.5 Å². The normalized spacial score (nSPS) is 12.3. The highest BCUT2D eigenvalue weighted by molar-refractivity contribution is 5.88. The Hall–Kier alpha value is -4.06. The molecule has 4 aromatic rings. The Balaban J connectivity index is 1.48. The van der Waals surface area contributed by atoms with E-state index in [2.05, 4.69) is 4.98 Å². The maximum absolute atomic E-state index is 12.2. The number of aromatic amines is 1. The number of carboxylic acid groups (broad SMARTS) is 1. The average molecular weight is 472 g/mol. The summed E-state index contributed by atoms with van der Waals surface area (Å²) in [6.07, 6.45) is 1.88. The molecule has 0 bridgehead atoms. The molecule has 3 aromatic carbocycles. The molecule has 0 amide bonds. The summed E-state index contributed by atoms with van der Waals surface area (Å²) in [5, 5.41) is 10.6. The van der Waals surface area contributed by atoms with Crippen LogP contribution in [0.5, 0.6) is 11.5 Å². The third kappa shape index (κ3) is 6.29. The number of para-hydroxylation sites is 1. The van der Waals surface area contributed by atoms with Crippen LogP contribution in [-0.4, -0.2) is 27.6 Å². The second-order valence-corrected chi connectivity index (χ2v) is 9.54. The Kier molecular flexibility index (Phi) is 6.92. The van der Waals surface area contributed by atoms with E-state index in [0.29, 0.717) is 0 Å². The van der Waals surface area contributed by atoms with Crippen molar-refractivity contribution in [3.05, 3.63) is 84.6 Å². The van der Waals surface area contributed by atoms with Gasteiger partial charge in [-0.3, -0.25) is 9.59 Å². The molecule has 4 rings (SSSR count). The number of esters is 1. The summed E-state index contributed by atoms with van der Waals surface area (Å²) in [6.45, 7) is 5.30. The lowest BCUT2D eigenvalue weighted by atomic mass is 9.95. The lowest BCUT2D eigenvalue weighted by Crippen LogP contribution is -2.28. The SMILES string of the molecule is CC(C)(C)OC(=O)CC(Cc1c[nH]c2cc(-c3ccc(Oc4ccccc4)cc3)ccc12)C(=O)O. The quantitative estimate of drug-likeness (QED) is 0.283. The number of carbonyl (C=O) groups excluding carboxylic acids is 1. The molecular weight excluding hydrogens is 442 g/mol. The number of benzene rings is 3. The molecule has 6 nitrogen and oxygen atoms in total. The fourth-order valence-corrected chi connectivity index (χ4v) is 3.97. The largest absolute Gasteiger partial charge is 0.481 e. The fraction of sp³-hybridized carbons (Fsp3) is 0.241. The Bertz CT molecular complexity index is 1320. The van der Waals surface area contributed by atoms with Crippen LogP contribution >= 0.6 is 0 Å². The van der Waals surface area contributed by atoms with Gasteiger partial charge < -0.3 is 19.6 Å². The molecule has 0 aliphatic carbocycles. The van der Waals surface area contributed by atoms with E-state index in [9.17, 15) is 14.7 Å². The molecule has 0 fully saturated rings. The van der Waals surface area contributed by atoms with E-state index in [-0.39, 0.29) is 12.8 Å². The Morgan fingerprint density at radius 3 is 2.23 bits per heavy atom. The van der Waals surface area contributed by atoms with E-state index in [1.54, 1.807) is 20.8 Å². The van der Waals surface area contributed by atoms with Crippen LogP contribution in [0, 0.1) is 5.92 Å². The zero-order valence-corrected chi connectivity index (χ0v) is 20.1. The van der Waals surface area contributed by atoms with Crippen LogP contribution in [0.15, 0.2) is 79.0 Å². The Morgan fingerprint density at radius 1 is 0.914 bits per heavy atom. The van der Waals surface area contributed by atoms with Crippen LogP contribution in [0.1, 0.15) is 32.8 Å². The number of carboxylic acids is 1. The number of rotatable bonds is 8. The number of ether oxygens (including phenoxy) is 2. The second kappa shape index (κ2) is 10.1. The van der Waals surface area contributed by atoms with Crippen molar-refractivity contribution in [2.45, 2.75) is 39.2 Å². The fourth-order valence-electron chi connectivity index (χ4n) is 3.97. The Labute approximate surface area is 204 Å². The molecule has 1 unspecified atom stereocenters. The molecule has 0 aliphatic rings. The molecular formula is C29H29NO5. The van der Waals surface area contributed by atoms with Gasteiger partial charge in [-0.05, 0) is 74.2 Å². The topological polar surface area (TPSA) is 88.6 Å². The van der Waals surface area contributed by atoms with Crippen LogP contribution in [-0.2, 0) is 20.7 Å². The zero-order valence-electron chi connectivity index (χ0n) is 20.1. The first-order valence-electron chi connectivity index (χ1n) is 11.6. The van der Waals surface area contributed by atoms with Gasteiger partial charge in [0.1, 0.15) is 17.1 Å².